The van der Waals surface area contributed by atoms with Gasteiger partial charge in [-0.25, -0.2) is 13.8 Å². The predicted octanol–water partition coefficient (Wildman–Crippen LogP) is 2.55. The van der Waals surface area contributed by atoms with Gasteiger partial charge in [0.15, 0.2) is 5.96 Å². The number of nitrogens with one attached hydrogen (secondary N) is 2. The van der Waals surface area contributed by atoms with Crippen LogP contribution in [0.3, 0.4) is 0 Å². The molecule has 7 heteroatoms. The highest BCUT2D eigenvalue weighted by atomic mass is 19.1. The van der Waals surface area contributed by atoms with Gasteiger partial charge in [-0.05, 0) is 37.1 Å². The highest BCUT2D eigenvalue weighted by Gasteiger charge is 2.07. The van der Waals surface area contributed by atoms with E-state index in [2.05, 4.69) is 27.6 Å². The lowest BCUT2D eigenvalue weighted by atomic mass is 10.2. The van der Waals surface area contributed by atoms with Gasteiger partial charge in [-0.2, -0.15) is 5.10 Å². The molecule has 0 spiro atoms. The van der Waals surface area contributed by atoms with Gasteiger partial charge < -0.3 is 10.6 Å². The van der Waals surface area contributed by atoms with Crippen molar-refractivity contribution in [3.05, 3.63) is 53.9 Å². The van der Waals surface area contributed by atoms with Crippen LogP contribution in [0, 0.1) is 17.6 Å². The Hall–Kier alpha value is -2.44. The van der Waals surface area contributed by atoms with Crippen LogP contribution >= 0.6 is 0 Å². The predicted molar refractivity (Wildman–Crippen MR) is 90.6 cm³/mol. The van der Waals surface area contributed by atoms with Gasteiger partial charge >= 0.3 is 0 Å². The number of benzene rings is 1. The summed E-state index contributed by atoms with van der Waals surface area (Å²) in [6.07, 6.45) is 3.67. The molecule has 0 aliphatic rings. The summed E-state index contributed by atoms with van der Waals surface area (Å²) in [5.41, 5.74) is 0.233. The standard InChI is InChI=1S/C17H23F2N5/c1-3-20-17(21-10-13(2)12-24-8-4-7-23-24)22-11-14-9-15(18)5-6-16(14)19/h4-9,13H,3,10-12H2,1-2H3,(H2,20,21,22). The minimum atomic E-state index is -0.465. The first kappa shape index (κ1) is 17.9. The Labute approximate surface area is 140 Å². The molecule has 0 fully saturated rings. The van der Waals surface area contributed by atoms with Crippen LogP contribution in [0.2, 0.25) is 0 Å². The van der Waals surface area contributed by atoms with Crippen molar-refractivity contribution in [2.45, 2.75) is 26.9 Å². The SMILES string of the molecule is CCNC(=NCc1cc(F)ccc1F)NCC(C)Cn1cccn1. The molecule has 0 aliphatic carbocycles. The second kappa shape index (κ2) is 9.00. The lowest BCUT2D eigenvalue weighted by Crippen LogP contribution is -2.40. The molecule has 1 aromatic heterocycles. The van der Waals surface area contributed by atoms with Crippen LogP contribution in [0.4, 0.5) is 8.78 Å². The minimum absolute atomic E-state index is 0.0759. The number of hydrogen-bond acceptors (Lipinski definition) is 2. The third kappa shape index (κ3) is 5.64. The van der Waals surface area contributed by atoms with Crippen molar-refractivity contribution in [3.8, 4) is 0 Å². The summed E-state index contributed by atoms with van der Waals surface area (Å²) in [7, 11) is 0. The number of guanidine groups is 1. The Morgan fingerprint density at radius 1 is 1.33 bits per heavy atom. The van der Waals surface area contributed by atoms with E-state index in [0.717, 1.165) is 18.7 Å². The van der Waals surface area contributed by atoms with Gasteiger partial charge in [0.05, 0.1) is 6.54 Å². The largest absolute Gasteiger partial charge is 0.357 e. The Bertz CT molecular complexity index is 655. The minimum Gasteiger partial charge on any atom is -0.357 e. The van der Waals surface area contributed by atoms with Gasteiger partial charge in [-0.3, -0.25) is 4.68 Å². The van der Waals surface area contributed by atoms with Gasteiger partial charge in [0, 0.05) is 37.6 Å². The molecule has 1 aromatic carbocycles. The molecule has 1 atom stereocenters. The van der Waals surface area contributed by atoms with Crippen LogP contribution in [0.1, 0.15) is 19.4 Å². The quantitative estimate of drug-likeness (QED) is 0.604. The molecule has 1 heterocycles. The summed E-state index contributed by atoms with van der Waals surface area (Å²) in [6.45, 7) is 6.30. The number of aromatic nitrogens is 2. The zero-order valence-corrected chi connectivity index (χ0v) is 14.0. The van der Waals surface area contributed by atoms with E-state index >= 15 is 0 Å². The fraction of sp³-hybridized carbons (Fsp3) is 0.412. The van der Waals surface area contributed by atoms with Crippen molar-refractivity contribution in [2.24, 2.45) is 10.9 Å². The van der Waals surface area contributed by atoms with E-state index in [-0.39, 0.29) is 12.1 Å². The highest BCUT2D eigenvalue weighted by Crippen LogP contribution is 2.10. The van der Waals surface area contributed by atoms with Gasteiger partial charge in [-0.15, -0.1) is 0 Å². The molecule has 0 amide bonds. The summed E-state index contributed by atoms with van der Waals surface area (Å²) < 4.78 is 28.7. The molecular formula is C17H23F2N5. The molecule has 24 heavy (non-hydrogen) atoms. The van der Waals surface area contributed by atoms with E-state index in [4.69, 9.17) is 0 Å². The van der Waals surface area contributed by atoms with Crippen LogP contribution in [-0.4, -0.2) is 28.8 Å². The number of aliphatic imine (C=N–C) groups is 1. The van der Waals surface area contributed by atoms with Crippen molar-refractivity contribution in [2.75, 3.05) is 13.1 Å². The number of hydrogen-bond donors (Lipinski definition) is 2. The summed E-state index contributed by atoms with van der Waals surface area (Å²) in [5, 5.41) is 10.5. The first-order chi connectivity index (χ1) is 11.6. The van der Waals surface area contributed by atoms with Gasteiger partial charge in [0.2, 0.25) is 0 Å². The smallest absolute Gasteiger partial charge is 0.191 e. The average molecular weight is 335 g/mol. The second-order valence-electron chi connectivity index (χ2n) is 5.65. The summed E-state index contributed by atoms with van der Waals surface area (Å²) >= 11 is 0. The molecule has 1 unspecified atom stereocenters. The maximum atomic E-state index is 13.6. The lowest BCUT2D eigenvalue weighted by molar-refractivity contribution is 0.443. The molecule has 5 nitrogen and oxygen atoms in total. The molecule has 2 aromatic rings. The fourth-order valence-electron chi connectivity index (χ4n) is 2.23. The summed E-state index contributed by atoms with van der Waals surface area (Å²) in [5.74, 6) is -0.0106. The van der Waals surface area contributed by atoms with Crippen LogP contribution in [0.5, 0.6) is 0 Å². The van der Waals surface area contributed by atoms with Gasteiger partial charge in [-0.1, -0.05) is 6.92 Å². The van der Waals surface area contributed by atoms with Gasteiger partial charge in [0.1, 0.15) is 11.6 Å². The normalized spacial score (nSPS) is 12.9. The average Bonchev–Trinajstić information content (AvgIpc) is 3.06. The fourth-order valence-corrected chi connectivity index (χ4v) is 2.23. The van der Waals surface area contributed by atoms with Crippen molar-refractivity contribution in [1.82, 2.24) is 20.4 Å². The molecular weight excluding hydrogens is 312 g/mol. The van der Waals surface area contributed by atoms with Crippen molar-refractivity contribution < 1.29 is 8.78 Å². The van der Waals surface area contributed by atoms with E-state index < -0.39 is 11.6 Å². The third-order valence-corrected chi connectivity index (χ3v) is 3.44. The highest BCUT2D eigenvalue weighted by molar-refractivity contribution is 5.79. The van der Waals surface area contributed by atoms with Crippen LogP contribution in [0.15, 0.2) is 41.7 Å². The first-order valence-electron chi connectivity index (χ1n) is 8.02. The van der Waals surface area contributed by atoms with E-state index in [1.165, 1.54) is 6.07 Å². The Kier molecular flexibility index (Phi) is 6.72. The molecule has 0 radical (unpaired) electrons. The van der Waals surface area contributed by atoms with Crippen LogP contribution in [0.25, 0.3) is 0 Å². The number of halogens is 2. The van der Waals surface area contributed by atoms with Gasteiger partial charge in [0.25, 0.3) is 0 Å². The maximum absolute atomic E-state index is 13.6. The maximum Gasteiger partial charge on any atom is 0.191 e. The van der Waals surface area contributed by atoms with E-state index in [1.807, 2.05) is 23.9 Å². The molecule has 2 N–H and O–H groups in total. The molecule has 0 saturated carbocycles. The van der Waals surface area contributed by atoms with E-state index in [0.29, 0.717) is 25.0 Å². The molecule has 0 bridgehead atoms. The Morgan fingerprint density at radius 2 is 2.17 bits per heavy atom. The lowest BCUT2D eigenvalue weighted by Gasteiger charge is -2.16. The first-order valence-corrected chi connectivity index (χ1v) is 8.02. The molecule has 2 rings (SSSR count). The summed E-state index contributed by atoms with van der Waals surface area (Å²) in [4.78, 5) is 4.32. The number of rotatable bonds is 7. The zero-order valence-electron chi connectivity index (χ0n) is 14.0. The zero-order chi connectivity index (χ0) is 17.4. The van der Waals surface area contributed by atoms with Crippen molar-refractivity contribution in [1.29, 1.82) is 0 Å². The molecule has 130 valence electrons. The molecule has 0 saturated heterocycles. The van der Waals surface area contributed by atoms with E-state index in [9.17, 15) is 8.78 Å². The van der Waals surface area contributed by atoms with Crippen molar-refractivity contribution in [3.63, 3.8) is 0 Å². The topological polar surface area (TPSA) is 54.2 Å². The van der Waals surface area contributed by atoms with Crippen molar-refractivity contribution >= 4 is 5.96 Å². The monoisotopic (exact) mass is 335 g/mol. The van der Waals surface area contributed by atoms with Crippen LogP contribution in [-0.2, 0) is 13.1 Å². The molecule has 0 aliphatic heterocycles. The van der Waals surface area contributed by atoms with E-state index in [1.54, 1.807) is 6.20 Å². The summed E-state index contributed by atoms with van der Waals surface area (Å²) in [6, 6.07) is 5.28. The Morgan fingerprint density at radius 3 is 2.88 bits per heavy atom. The number of nitrogens with zero attached hydrogens (tertiary/aromatic N) is 3. The van der Waals surface area contributed by atoms with Crippen LogP contribution < -0.4 is 10.6 Å². The second-order valence-corrected chi connectivity index (χ2v) is 5.65. The third-order valence-electron chi connectivity index (χ3n) is 3.44. The Balaban J connectivity index is 1.91.